The average molecular weight is 155 g/mol. The van der Waals surface area contributed by atoms with Crippen LogP contribution < -0.4 is 0 Å². The fourth-order valence-electron chi connectivity index (χ4n) is 1.64. The fraction of sp³-hybridized carbons (Fsp3) is 0.889. The molecule has 0 aromatic rings. The van der Waals surface area contributed by atoms with Crippen LogP contribution in [0.1, 0.15) is 32.6 Å². The Hall–Kier alpha value is -0.370. The third kappa shape index (κ3) is 2.29. The van der Waals surface area contributed by atoms with Gasteiger partial charge in [-0.05, 0) is 26.4 Å². The van der Waals surface area contributed by atoms with Gasteiger partial charge in [0.15, 0.2) is 0 Å². The summed E-state index contributed by atoms with van der Waals surface area (Å²) in [6.45, 7) is 3.11. The molecule has 11 heavy (non-hydrogen) atoms. The first-order valence-electron chi connectivity index (χ1n) is 4.46. The maximum atomic E-state index is 11.1. The molecule has 0 amide bonds. The first kappa shape index (κ1) is 8.72. The van der Waals surface area contributed by atoms with E-state index < -0.39 is 0 Å². The third-order valence-electron chi connectivity index (χ3n) is 2.53. The molecular formula is C9H17NO. The summed E-state index contributed by atoms with van der Waals surface area (Å²) in [4.78, 5) is 13.4. The maximum Gasteiger partial charge on any atom is 0.134 e. The van der Waals surface area contributed by atoms with Gasteiger partial charge in [-0.25, -0.2) is 0 Å². The number of carbonyl (C=O) groups is 1. The van der Waals surface area contributed by atoms with Crippen LogP contribution in [0.3, 0.4) is 0 Å². The lowest BCUT2D eigenvalue weighted by molar-refractivity contribution is -0.119. The second-order valence-corrected chi connectivity index (χ2v) is 3.37. The molecule has 64 valence electrons. The molecule has 0 saturated carbocycles. The van der Waals surface area contributed by atoms with Gasteiger partial charge in [-0.2, -0.15) is 0 Å². The predicted molar refractivity (Wildman–Crippen MR) is 45.6 cm³/mol. The predicted octanol–water partition coefficient (Wildman–Crippen LogP) is 1.45. The molecule has 0 aromatic carbocycles. The minimum absolute atomic E-state index is 0.406. The second kappa shape index (κ2) is 3.86. The molecule has 0 spiro atoms. The smallest absolute Gasteiger partial charge is 0.134 e. The van der Waals surface area contributed by atoms with Crippen LogP contribution in [0.4, 0.5) is 0 Å². The van der Waals surface area contributed by atoms with E-state index in [-0.39, 0.29) is 0 Å². The van der Waals surface area contributed by atoms with Gasteiger partial charge in [0.05, 0.1) is 0 Å². The Kier molecular flexibility index (Phi) is 3.06. The highest BCUT2D eigenvalue weighted by molar-refractivity contribution is 5.78. The van der Waals surface area contributed by atoms with Gasteiger partial charge < -0.3 is 4.90 Å². The van der Waals surface area contributed by atoms with Gasteiger partial charge in [0.25, 0.3) is 0 Å². The topological polar surface area (TPSA) is 20.3 Å². The standard InChI is InChI=1S/C9H17NO/c1-3-9(11)7-8-5-4-6-10(8)2/h8H,3-7H2,1-2H3. The van der Waals surface area contributed by atoms with E-state index in [2.05, 4.69) is 11.9 Å². The van der Waals surface area contributed by atoms with Crippen molar-refractivity contribution in [3.8, 4) is 0 Å². The second-order valence-electron chi connectivity index (χ2n) is 3.37. The summed E-state index contributed by atoms with van der Waals surface area (Å²) in [6, 6.07) is 0.544. The molecule has 1 fully saturated rings. The van der Waals surface area contributed by atoms with E-state index >= 15 is 0 Å². The van der Waals surface area contributed by atoms with Crippen LogP contribution in [0.15, 0.2) is 0 Å². The summed E-state index contributed by atoms with van der Waals surface area (Å²) in [6.07, 6.45) is 3.94. The Balaban J connectivity index is 2.30. The maximum absolute atomic E-state index is 11.1. The first-order valence-corrected chi connectivity index (χ1v) is 4.46. The summed E-state index contributed by atoms with van der Waals surface area (Å²) in [5, 5.41) is 0. The molecule has 1 aliphatic rings. The first-order chi connectivity index (χ1) is 5.24. The molecule has 1 unspecified atom stereocenters. The van der Waals surface area contributed by atoms with E-state index in [1.807, 2.05) is 6.92 Å². The quantitative estimate of drug-likeness (QED) is 0.615. The molecule has 1 saturated heterocycles. The van der Waals surface area contributed by atoms with Crippen molar-refractivity contribution < 1.29 is 4.79 Å². The van der Waals surface area contributed by atoms with Crippen molar-refractivity contribution >= 4 is 5.78 Å². The van der Waals surface area contributed by atoms with Crippen molar-refractivity contribution in [1.29, 1.82) is 0 Å². The van der Waals surface area contributed by atoms with Gasteiger partial charge in [-0.3, -0.25) is 4.79 Å². The summed E-state index contributed by atoms with van der Waals surface area (Å²) < 4.78 is 0. The number of rotatable bonds is 3. The van der Waals surface area contributed by atoms with Crippen molar-refractivity contribution in [2.45, 2.75) is 38.6 Å². The SMILES string of the molecule is CCC(=O)CC1CCCN1C. The van der Waals surface area contributed by atoms with E-state index in [4.69, 9.17) is 0 Å². The lowest BCUT2D eigenvalue weighted by Gasteiger charge is -2.17. The van der Waals surface area contributed by atoms with Crippen molar-refractivity contribution in [2.24, 2.45) is 0 Å². The Bertz CT molecular complexity index is 144. The van der Waals surface area contributed by atoms with Crippen LogP contribution >= 0.6 is 0 Å². The van der Waals surface area contributed by atoms with Crippen LogP contribution in [0, 0.1) is 0 Å². The molecule has 0 radical (unpaired) electrons. The number of likely N-dealkylation sites (tertiary alicyclic amines) is 1. The Morgan fingerprint density at radius 3 is 2.82 bits per heavy atom. The Morgan fingerprint density at radius 1 is 1.64 bits per heavy atom. The summed E-state index contributed by atoms with van der Waals surface area (Å²) in [5.74, 6) is 0.406. The summed E-state index contributed by atoms with van der Waals surface area (Å²) >= 11 is 0. The van der Waals surface area contributed by atoms with E-state index in [9.17, 15) is 4.79 Å². The molecule has 0 aliphatic carbocycles. The van der Waals surface area contributed by atoms with Crippen molar-refractivity contribution in [3.05, 3.63) is 0 Å². The summed E-state index contributed by atoms with van der Waals surface area (Å²) in [5.41, 5.74) is 0. The largest absolute Gasteiger partial charge is 0.303 e. The minimum Gasteiger partial charge on any atom is -0.303 e. The molecular weight excluding hydrogens is 138 g/mol. The van der Waals surface area contributed by atoms with Crippen LogP contribution in [0.25, 0.3) is 0 Å². The lowest BCUT2D eigenvalue weighted by Crippen LogP contribution is -2.27. The number of hydrogen-bond donors (Lipinski definition) is 0. The van der Waals surface area contributed by atoms with Crippen LogP contribution in [0.5, 0.6) is 0 Å². The Labute approximate surface area is 68.6 Å². The van der Waals surface area contributed by atoms with Gasteiger partial charge >= 0.3 is 0 Å². The number of ketones is 1. The molecule has 0 aromatic heterocycles. The van der Waals surface area contributed by atoms with Crippen molar-refractivity contribution in [3.63, 3.8) is 0 Å². The van der Waals surface area contributed by atoms with Gasteiger partial charge in [0, 0.05) is 18.9 Å². The van der Waals surface area contributed by atoms with E-state index in [1.165, 1.54) is 19.4 Å². The Morgan fingerprint density at radius 2 is 2.36 bits per heavy atom. The third-order valence-corrected chi connectivity index (χ3v) is 2.53. The van der Waals surface area contributed by atoms with Crippen molar-refractivity contribution in [1.82, 2.24) is 4.90 Å². The van der Waals surface area contributed by atoms with Gasteiger partial charge in [0.2, 0.25) is 0 Å². The van der Waals surface area contributed by atoms with Gasteiger partial charge in [-0.1, -0.05) is 6.92 Å². The van der Waals surface area contributed by atoms with Gasteiger partial charge in [0.1, 0.15) is 5.78 Å². The van der Waals surface area contributed by atoms with Crippen LogP contribution in [-0.4, -0.2) is 30.3 Å². The van der Waals surface area contributed by atoms with E-state index in [0.29, 0.717) is 18.2 Å². The highest BCUT2D eigenvalue weighted by Crippen LogP contribution is 2.18. The zero-order chi connectivity index (χ0) is 8.27. The van der Waals surface area contributed by atoms with Crippen LogP contribution in [-0.2, 0) is 4.79 Å². The van der Waals surface area contributed by atoms with E-state index in [1.54, 1.807) is 0 Å². The minimum atomic E-state index is 0.406. The molecule has 2 heteroatoms. The lowest BCUT2D eigenvalue weighted by atomic mass is 10.1. The monoisotopic (exact) mass is 155 g/mol. The highest BCUT2D eigenvalue weighted by Gasteiger charge is 2.22. The summed E-state index contributed by atoms with van der Waals surface area (Å²) in [7, 11) is 2.11. The zero-order valence-electron chi connectivity index (χ0n) is 7.47. The number of carbonyl (C=O) groups excluding carboxylic acids is 1. The molecule has 1 rings (SSSR count). The number of Topliss-reactive ketones (excluding diaryl/α,β-unsaturated/α-hetero) is 1. The molecule has 1 heterocycles. The molecule has 2 nitrogen and oxygen atoms in total. The fourth-order valence-corrected chi connectivity index (χ4v) is 1.64. The molecule has 0 N–H and O–H groups in total. The zero-order valence-corrected chi connectivity index (χ0v) is 7.47. The normalized spacial score (nSPS) is 25.8. The molecule has 1 atom stereocenters. The molecule has 1 aliphatic heterocycles. The van der Waals surface area contributed by atoms with Gasteiger partial charge in [-0.15, -0.1) is 0 Å². The number of hydrogen-bond acceptors (Lipinski definition) is 2. The molecule has 0 bridgehead atoms. The average Bonchev–Trinajstić information content (AvgIpc) is 2.37. The number of nitrogens with zero attached hydrogens (tertiary/aromatic N) is 1. The highest BCUT2D eigenvalue weighted by atomic mass is 16.1. The van der Waals surface area contributed by atoms with Crippen molar-refractivity contribution in [2.75, 3.05) is 13.6 Å². The van der Waals surface area contributed by atoms with E-state index in [0.717, 1.165) is 6.42 Å². The van der Waals surface area contributed by atoms with Crippen LogP contribution in [0.2, 0.25) is 0 Å².